The van der Waals surface area contributed by atoms with Crippen LogP contribution in [0.1, 0.15) is 23.6 Å². The minimum atomic E-state index is -5.43. The number of carbonyl (C=O) groups excluding carboxylic acids is 1. The standard InChI is InChI=1S/C27H20F3N7O4S/c28-27(29,30)26(38)41-37(15-18-5-2-1-3-6-18)42(39,40)21-8-4-7-19(13-21)23(9-11-31)36-16-20(14-35-36)24-22-10-12-32-25(22)34-17-33-24/h1-8,10,12-14,16-17,23H,9,15H2,(H,32,33,34). The summed E-state index contributed by atoms with van der Waals surface area (Å²) in [5.41, 5.74) is 2.42. The lowest BCUT2D eigenvalue weighted by Gasteiger charge is -2.22. The largest absolute Gasteiger partial charge is 0.492 e. The third-order valence-corrected chi connectivity index (χ3v) is 7.80. The van der Waals surface area contributed by atoms with Gasteiger partial charge in [-0.25, -0.2) is 23.2 Å². The fraction of sp³-hybridized carbons (Fsp3) is 0.148. The number of sulfonamides is 1. The Bertz CT molecular complexity index is 1880. The van der Waals surface area contributed by atoms with Gasteiger partial charge in [0.1, 0.15) is 12.0 Å². The van der Waals surface area contributed by atoms with E-state index in [1.807, 2.05) is 6.07 Å². The fourth-order valence-corrected chi connectivity index (χ4v) is 5.48. The van der Waals surface area contributed by atoms with Gasteiger partial charge in [0.25, 0.3) is 10.0 Å². The maximum Gasteiger partial charge on any atom is 0.492 e. The lowest BCUT2D eigenvalue weighted by molar-refractivity contribution is -0.223. The summed E-state index contributed by atoms with van der Waals surface area (Å²) in [6.07, 6.45) is 0.731. The Morgan fingerprint density at radius 1 is 1.12 bits per heavy atom. The van der Waals surface area contributed by atoms with Crippen LogP contribution >= 0.6 is 0 Å². The highest BCUT2D eigenvalue weighted by molar-refractivity contribution is 7.89. The second-order valence-electron chi connectivity index (χ2n) is 8.95. The summed E-state index contributed by atoms with van der Waals surface area (Å²) < 4.78 is 67.6. The lowest BCUT2D eigenvalue weighted by Crippen LogP contribution is -2.38. The van der Waals surface area contributed by atoms with Crippen molar-refractivity contribution in [2.24, 2.45) is 0 Å². The van der Waals surface area contributed by atoms with E-state index in [9.17, 15) is 31.6 Å². The quantitative estimate of drug-likeness (QED) is 0.245. The van der Waals surface area contributed by atoms with E-state index in [-0.39, 0.29) is 16.5 Å². The van der Waals surface area contributed by atoms with E-state index >= 15 is 0 Å². The van der Waals surface area contributed by atoms with Crippen molar-refractivity contribution < 1.29 is 31.2 Å². The molecular formula is C27H20F3N7O4S. The van der Waals surface area contributed by atoms with E-state index in [0.29, 0.717) is 22.5 Å². The van der Waals surface area contributed by atoms with Crippen LogP contribution in [-0.2, 0) is 26.2 Å². The summed E-state index contributed by atoms with van der Waals surface area (Å²) in [5, 5.41) is 14.7. The van der Waals surface area contributed by atoms with E-state index in [4.69, 9.17) is 0 Å². The van der Waals surface area contributed by atoms with Crippen molar-refractivity contribution in [3.63, 3.8) is 0 Å². The number of fused-ring (bicyclic) bond motifs is 1. The number of rotatable bonds is 9. The van der Waals surface area contributed by atoms with Crippen LogP contribution in [0, 0.1) is 11.3 Å². The van der Waals surface area contributed by atoms with E-state index < -0.39 is 39.7 Å². The van der Waals surface area contributed by atoms with E-state index in [1.165, 1.54) is 41.5 Å². The van der Waals surface area contributed by atoms with Crippen LogP contribution in [0.15, 0.2) is 90.5 Å². The number of nitrogens with one attached hydrogen (secondary N) is 1. The Morgan fingerprint density at radius 2 is 1.90 bits per heavy atom. The molecule has 42 heavy (non-hydrogen) atoms. The van der Waals surface area contributed by atoms with Gasteiger partial charge in [-0.1, -0.05) is 42.5 Å². The van der Waals surface area contributed by atoms with Crippen LogP contribution in [0.5, 0.6) is 0 Å². The van der Waals surface area contributed by atoms with Crippen molar-refractivity contribution >= 4 is 27.0 Å². The Labute approximate surface area is 236 Å². The summed E-state index contributed by atoms with van der Waals surface area (Å²) in [6, 6.07) is 16.0. The normalized spacial score (nSPS) is 12.7. The van der Waals surface area contributed by atoms with Gasteiger partial charge in [-0.15, -0.1) is 0 Å². The number of H-pyrrole nitrogens is 1. The van der Waals surface area contributed by atoms with Gasteiger partial charge < -0.3 is 9.82 Å². The fourth-order valence-electron chi connectivity index (χ4n) is 4.23. The molecule has 15 heteroatoms. The molecule has 0 saturated carbocycles. The Morgan fingerprint density at radius 3 is 2.64 bits per heavy atom. The van der Waals surface area contributed by atoms with Gasteiger partial charge >= 0.3 is 12.1 Å². The number of hydrogen-bond donors (Lipinski definition) is 1. The number of carbonyl (C=O) groups is 1. The minimum Gasteiger partial charge on any atom is -0.346 e. The van der Waals surface area contributed by atoms with Crippen LogP contribution in [0.2, 0.25) is 0 Å². The second kappa shape index (κ2) is 11.4. The molecule has 2 aromatic carbocycles. The van der Waals surface area contributed by atoms with Crippen LogP contribution in [0.3, 0.4) is 0 Å². The molecule has 3 heterocycles. The zero-order chi connectivity index (χ0) is 29.9. The molecule has 0 radical (unpaired) electrons. The van der Waals surface area contributed by atoms with E-state index in [2.05, 4.69) is 24.9 Å². The van der Waals surface area contributed by atoms with Crippen molar-refractivity contribution in [1.29, 1.82) is 5.26 Å². The Balaban J connectivity index is 1.50. The molecule has 0 saturated heterocycles. The maximum atomic E-state index is 13.5. The molecular weight excluding hydrogens is 575 g/mol. The van der Waals surface area contributed by atoms with Gasteiger partial charge in [0.05, 0.1) is 41.9 Å². The van der Waals surface area contributed by atoms with Crippen molar-refractivity contribution in [3.05, 3.63) is 96.7 Å². The lowest BCUT2D eigenvalue weighted by atomic mass is 10.0. The van der Waals surface area contributed by atoms with E-state index in [0.717, 1.165) is 11.5 Å². The first-order valence-corrected chi connectivity index (χ1v) is 13.7. The van der Waals surface area contributed by atoms with E-state index in [1.54, 1.807) is 42.7 Å². The highest BCUT2D eigenvalue weighted by atomic mass is 32.2. The highest BCUT2D eigenvalue weighted by Gasteiger charge is 2.44. The minimum absolute atomic E-state index is 0.000178. The van der Waals surface area contributed by atoms with Gasteiger partial charge in [0, 0.05) is 23.3 Å². The maximum absolute atomic E-state index is 13.5. The van der Waals surface area contributed by atoms with Gasteiger partial charge in [0.2, 0.25) is 0 Å². The molecule has 214 valence electrons. The summed E-state index contributed by atoms with van der Waals surface area (Å²) >= 11 is 0. The molecule has 0 bridgehead atoms. The van der Waals surface area contributed by atoms with Gasteiger partial charge in [0.15, 0.2) is 0 Å². The molecule has 5 aromatic rings. The topological polar surface area (TPSA) is 147 Å². The van der Waals surface area contributed by atoms with Crippen LogP contribution in [-0.4, -0.2) is 49.8 Å². The smallest absolute Gasteiger partial charge is 0.346 e. The molecule has 0 aliphatic rings. The number of hydrogen-bond acceptors (Lipinski definition) is 8. The molecule has 0 amide bonds. The molecule has 1 N–H and O–H groups in total. The number of hydroxylamine groups is 1. The molecule has 0 fully saturated rings. The summed E-state index contributed by atoms with van der Waals surface area (Å²) in [5.74, 6) is -2.69. The number of alkyl halides is 3. The van der Waals surface area contributed by atoms with Crippen LogP contribution < -0.4 is 0 Å². The SMILES string of the molecule is N#CCC(c1cccc(S(=O)(=O)N(Cc2ccccc2)OC(=O)C(F)(F)F)c1)n1cc(-c2ncnc3[nH]ccc23)cn1. The summed E-state index contributed by atoms with van der Waals surface area (Å²) in [4.78, 5) is 27.0. The molecule has 1 unspecified atom stereocenters. The highest BCUT2D eigenvalue weighted by Crippen LogP contribution is 2.30. The van der Waals surface area contributed by atoms with Crippen molar-refractivity contribution in [2.45, 2.75) is 30.1 Å². The average Bonchev–Trinajstić information content (AvgIpc) is 3.66. The predicted octanol–water partition coefficient (Wildman–Crippen LogP) is 4.54. The van der Waals surface area contributed by atoms with Gasteiger partial charge in [-0.3, -0.25) is 4.68 Å². The predicted molar refractivity (Wildman–Crippen MR) is 141 cm³/mol. The molecule has 1 atom stereocenters. The summed E-state index contributed by atoms with van der Waals surface area (Å²) in [6.45, 7) is -0.675. The first-order valence-electron chi connectivity index (χ1n) is 12.2. The molecule has 3 aromatic heterocycles. The molecule has 0 aliphatic heterocycles. The zero-order valence-electron chi connectivity index (χ0n) is 21.4. The molecule has 0 aliphatic carbocycles. The van der Waals surface area contributed by atoms with Crippen LogP contribution in [0.25, 0.3) is 22.3 Å². The third-order valence-electron chi connectivity index (χ3n) is 6.21. The second-order valence-corrected chi connectivity index (χ2v) is 10.8. The number of nitriles is 1. The Hall–Kier alpha value is -5.07. The number of benzene rings is 2. The first-order chi connectivity index (χ1) is 20.1. The van der Waals surface area contributed by atoms with Crippen molar-refractivity contribution in [1.82, 2.24) is 29.2 Å². The summed E-state index contributed by atoms with van der Waals surface area (Å²) in [7, 11) is -4.81. The van der Waals surface area contributed by atoms with Crippen LogP contribution in [0.4, 0.5) is 13.2 Å². The number of nitrogens with zero attached hydrogens (tertiary/aromatic N) is 6. The molecule has 0 spiro atoms. The van der Waals surface area contributed by atoms with Gasteiger partial charge in [-0.05, 0) is 33.8 Å². The van der Waals surface area contributed by atoms with Crippen molar-refractivity contribution in [3.8, 4) is 17.3 Å². The zero-order valence-corrected chi connectivity index (χ0v) is 22.2. The monoisotopic (exact) mass is 595 g/mol. The average molecular weight is 596 g/mol. The number of aromatic amines is 1. The number of halogens is 3. The first kappa shape index (κ1) is 28.5. The van der Waals surface area contributed by atoms with Gasteiger partial charge in [-0.2, -0.15) is 23.5 Å². The third kappa shape index (κ3) is 5.85. The number of aromatic nitrogens is 5. The Kier molecular flexibility index (Phi) is 7.74. The molecule has 11 nitrogen and oxygen atoms in total. The van der Waals surface area contributed by atoms with Crippen molar-refractivity contribution in [2.75, 3.05) is 0 Å². The molecule has 5 rings (SSSR count).